The molecule has 2 nitrogen and oxygen atoms in total. The lowest BCUT2D eigenvalue weighted by Gasteiger charge is -2.25. The second-order valence-electron chi connectivity index (χ2n) is 6.23. The first-order valence-electron chi connectivity index (χ1n) is 6.84. The van der Waals surface area contributed by atoms with Gasteiger partial charge in [-0.05, 0) is 25.2 Å². The first-order chi connectivity index (χ1) is 7.53. The summed E-state index contributed by atoms with van der Waals surface area (Å²) in [6.07, 6.45) is 5.27. The molecule has 1 unspecified atom stereocenters. The van der Waals surface area contributed by atoms with Crippen LogP contribution in [0.3, 0.4) is 0 Å². The van der Waals surface area contributed by atoms with E-state index >= 15 is 0 Å². The molecule has 0 spiro atoms. The van der Waals surface area contributed by atoms with Gasteiger partial charge in [0.25, 0.3) is 0 Å². The fraction of sp³-hybridized carbons (Fsp3) is 1.00. The van der Waals surface area contributed by atoms with Gasteiger partial charge in [-0.1, -0.05) is 34.1 Å². The van der Waals surface area contributed by atoms with Gasteiger partial charge in [-0.25, -0.2) is 0 Å². The Bertz CT molecular complexity index is 187. The van der Waals surface area contributed by atoms with Gasteiger partial charge in [-0.15, -0.1) is 0 Å². The van der Waals surface area contributed by atoms with Crippen molar-refractivity contribution in [3.8, 4) is 0 Å². The summed E-state index contributed by atoms with van der Waals surface area (Å²) in [5, 5.41) is 3.58. The first-order valence-corrected chi connectivity index (χ1v) is 6.84. The van der Waals surface area contributed by atoms with E-state index in [2.05, 4.69) is 33.0 Å². The summed E-state index contributed by atoms with van der Waals surface area (Å²) in [5.74, 6) is 0.706. The molecule has 0 heterocycles. The summed E-state index contributed by atoms with van der Waals surface area (Å²) in [7, 11) is 0. The van der Waals surface area contributed by atoms with Gasteiger partial charge in [0, 0.05) is 24.6 Å². The van der Waals surface area contributed by atoms with Crippen LogP contribution in [0.25, 0.3) is 0 Å². The fourth-order valence-corrected chi connectivity index (χ4v) is 1.87. The van der Waals surface area contributed by atoms with Gasteiger partial charge in [-0.3, -0.25) is 0 Å². The quantitative estimate of drug-likeness (QED) is 0.653. The van der Waals surface area contributed by atoms with Crippen LogP contribution in [0.1, 0.15) is 53.4 Å². The summed E-state index contributed by atoms with van der Waals surface area (Å²) in [4.78, 5) is 0. The molecule has 0 amide bonds. The molecule has 0 aromatic rings. The van der Waals surface area contributed by atoms with Crippen molar-refractivity contribution in [1.82, 2.24) is 5.32 Å². The second-order valence-corrected chi connectivity index (χ2v) is 6.23. The zero-order valence-corrected chi connectivity index (χ0v) is 11.5. The van der Waals surface area contributed by atoms with Crippen LogP contribution >= 0.6 is 0 Å². The zero-order chi connectivity index (χ0) is 12.0. The Hall–Kier alpha value is -0.0800. The zero-order valence-electron chi connectivity index (χ0n) is 11.5. The lowest BCUT2D eigenvalue weighted by molar-refractivity contribution is 0.0417. The third-order valence-electron chi connectivity index (χ3n) is 3.12. The molecule has 1 saturated carbocycles. The van der Waals surface area contributed by atoms with Crippen molar-refractivity contribution in [3.05, 3.63) is 0 Å². The van der Waals surface area contributed by atoms with Gasteiger partial charge in [0.05, 0.1) is 6.61 Å². The molecule has 1 atom stereocenters. The summed E-state index contributed by atoms with van der Waals surface area (Å²) in [6.45, 7) is 12.0. The fourth-order valence-electron chi connectivity index (χ4n) is 1.87. The largest absolute Gasteiger partial charge is 0.381 e. The molecule has 0 saturated heterocycles. The second kappa shape index (κ2) is 6.61. The molecule has 0 radical (unpaired) electrons. The van der Waals surface area contributed by atoms with Crippen LogP contribution < -0.4 is 5.32 Å². The van der Waals surface area contributed by atoms with Crippen LogP contribution in [0.15, 0.2) is 0 Å². The number of ether oxygens (including phenoxy) is 1. The Balaban J connectivity index is 2.04. The maximum absolute atomic E-state index is 5.83. The number of hydrogen-bond donors (Lipinski definition) is 1. The molecule has 0 bridgehead atoms. The predicted molar refractivity (Wildman–Crippen MR) is 69.7 cm³/mol. The molecular weight excluding hydrogens is 198 g/mol. The van der Waals surface area contributed by atoms with Crippen molar-refractivity contribution >= 4 is 0 Å². The van der Waals surface area contributed by atoms with E-state index in [0.717, 1.165) is 25.8 Å². The van der Waals surface area contributed by atoms with Crippen molar-refractivity contribution in [2.24, 2.45) is 11.3 Å². The van der Waals surface area contributed by atoms with Crippen LogP contribution in [0, 0.1) is 11.3 Å². The first kappa shape index (κ1) is 14.0. The summed E-state index contributed by atoms with van der Waals surface area (Å²) in [5.41, 5.74) is 0.272. The van der Waals surface area contributed by atoms with E-state index < -0.39 is 0 Å². The Kier molecular flexibility index (Phi) is 5.77. The van der Waals surface area contributed by atoms with E-state index in [1.807, 2.05) is 0 Å². The van der Waals surface area contributed by atoms with Crippen LogP contribution in [0.4, 0.5) is 0 Å². The minimum atomic E-state index is 0.272. The van der Waals surface area contributed by atoms with Gasteiger partial charge in [0.1, 0.15) is 0 Å². The molecule has 1 N–H and O–H groups in total. The van der Waals surface area contributed by atoms with Crippen LogP contribution in [0.5, 0.6) is 0 Å². The van der Waals surface area contributed by atoms with Crippen molar-refractivity contribution in [3.63, 3.8) is 0 Å². The smallest absolute Gasteiger partial charge is 0.0529 e. The van der Waals surface area contributed by atoms with E-state index in [0.29, 0.717) is 5.92 Å². The van der Waals surface area contributed by atoms with Crippen LogP contribution in [0.2, 0.25) is 0 Å². The van der Waals surface area contributed by atoms with E-state index in [1.165, 1.54) is 25.7 Å². The number of rotatable bonds is 9. The molecule has 0 aromatic heterocycles. The molecule has 16 heavy (non-hydrogen) atoms. The van der Waals surface area contributed by atoms with Gasteiger partial charge in [-0.2, -0.15) is 0 Å². The average Bonchev–Trinajstić information content (AvgIpc) is 2.98. The lowest BCUT2D eigenvalue weighted by atomic mass is 9.94. The topological polar surface area (TPSA) is 21.3 Å². The van der Waals surface area contributed by atoms with E-state index in [4.69, 9.17) is 4.74 Å². The SMILES string of the molecule is CCCC(C)COCC(C)(C)CNC1CC1. The maximum atomic E-state index is 5.83. The monoisotopic (exact) mass is 227 g/mol. The van der Waals surface area contributed by atoms with E-state index in [-0.39, 0.29) is 5.41 Å². The van der Waals surface area contributed by atoms with Crippen LogP contribution in [-0.2, 0) is 4.74 Å². The van der Waals surface area contributed by atoms with Crippen molar-refractivity contribution < 1.29 is 4.74 Å². The summed E-state index contributed by atoms with van der Waals surface area (Å²) >= 11 is 0. The highest BCUT2D eigenvalue weighted by molar-refractivity contribution is 4.83. The molecule has 1 fully saturated rings. The highest BCUT2D eigenvalue weighted by Gasteiger charge is 2.25. The Morgan fingerprint density at radius 2 is 2.06 bits per heavy atom. The minimum absolute atomic E-state index is 0.272. The maximum Gasteiger partial charge on any atom is 0.0529 e. The third kappa shape index (κ3) is 6.49. The van der Waals surface area contributed by atoms with E-state index in [1.54, 1.807) is 0 Å². The molecule has 1 rings (SSSR count). The predicted octanol–water partition coefficient (Wildman–Crippen LogP) is 3.22. The summed E-state index contributed by atoms with van der Waals surface area (Å²) in [6, 6.07) is 0.804. The Morgan fingerprint density at radius 3 is 2.62 bits per heavy atom. The molecule has 1 aliphatic rings. The molecule has 96 valence electrons. The van der Waals surface area contributed by atoms with Crippen molar-refractivity contribution in [1.29, 1.82) is 0 Å². The highest BCUT2D eigenvalue weighted by atomic mass is 16.5. The Morgan fingerprint density at radius 1 is 1.38 bits per heavy atom. The van der Waals surface area contributed by atoms with E-state index in [9.17, 15) is 0 Å². The number of hydrogen-bond acceptors (Lipinski definition) is 2. The molecule has 0 aliphatic heterocycles. The van der Waals surface area contributed by atoms with Gasteiger partial charge < -0.3 is 10.1 Å². The average molecular weight is 227 g/mol. The normalized spacial score (nSPS) is 18.8. The third-order valence-corrected chi connectivity index (χ3v) is 3.12. The highest BCUT2D eigenvalue weighted by Crippen LogP contribution is 2.22. The van der Waals surface area contributed by atoms with Crippen LogP contribution in [-0.4, -0.2) is 25.8 Å². The van der Waals surface area contributed by atoms with Gasteiger partial charge in [0.2, 0.25) is 0 Å². The molecule has 1 aliphatic carbocycles. The van der Waals surface area contributed by atoms with Crippen molar-refractivity contribution in [2.45, 2.75) is 59.4 Å². The van der Waals surface area contributed by atoms with Crippen molar-refractivity contribution in [2.75, 3.05) is 19.8 Å². The lowest BCUT2D eigenvalue weighted by Crippen LogP contribution is -2.34. The molecular formula is C14H29NO. The van der Waals surface area contributed by atoms with Gasteiger partial charge >= 0.3 is 0 Å². The minimum Gasteiger partial charge on any atom is -0.381 e. The summed E-state index contributed by atoms with van der Waals surface area (Å²) < 4.78 is 5.83. The Labute approximate surface area is 101 Å². The standard InChI is InChI=1S/C14H29NO/c1-5-6-12(2)9-16-11-14(3,4)10-15-13-7-8-13/h12-13,15H,5-11H2,1-4H3. The number of nitrogens with one attached hydrogen (secondary N) is 1. The molecule has 0 aromatic carbocycles. The van der Waals surface area contributed by atoms with Gasteiger partial charge in [0.15, 0.2) is 0 Å². The molecule has 2 heteroatoms.